The molecule has 5 heteroatoms. The summed E-state index contributed by atoms with van der Waals surface area (Å²) in [4.78, 5) is 13.9. The first kappa shape index (κ1) is 13.2. The molecule has 1 aromatic carbocycles. The number of rotatable bonds is 4. The average Bonchev–Trinajstić information content (AvgIpc) is 3.08. The van der Waals surface area contributed by atoms with Crippen molar-refractivity contribution in [3.63, 3.8) is 0 Å². The van der Waals surface area contributed by atoms with Crippen LogP contribution in [0.25, 0.3) is 0 Å². The van der Waals surface area contributed by atoms with Crippen LogP contribution in [-0.2, 0) is 16.1 Å². The lowest BCUT2D eigenvalue weighted by molar-refractivity contribution is -0.131. The molecule has 0 saturated carbocycles. The maximum Gasteiger partial charge on any atom is 0.231 e. The van der Waals surface area contributed by atoms with Gasteiger partial charge in [-0.15, -0.1) is 0 Å². The van der Waals surface area contributed by atoms with E-state index in [1.54, 1.807) is 4.90 Å². The van der Waals surface area contributed by atoms with Gasteiger partial charge < -0.3 is 19.1 Å². The van der Waals surface area contributed by atoms with Gasteiger partial charge in [-0.1, -0.05) is 6.07 Å². The summed E-state index contributed by atoms with van der Waals surface area (Å²) in [6.07, 6.45) is 1.56. The zero-order valence-electron chi connectivity index (χ0n) is 11.6. The second-order valence-electron chi connectivity index (χ2n) is 5.37. The third kappa shape index (κ3) is 2.88. The summed E-state index contributed by atoms with van der Waals surface area (Å²) in [5.41, 5.74) is 1.05. The third-order valence-corrected chi connectivity index (χ3v) is 3.77. The zero-order valence-corrected chi connectivity index (χ0v) is 11.6. The van der Waals surface area contributed by atoms with E-state index >= 15 is 0 Å². The molecule has 20 heavy (non-hydrogen) atoms. The summed E-state index contributed by atoms with van der Waals surface area (Å²) in [7, 11) is 1.84. The standard InChI is InChI=1S/C15H19NO4/c1-16(15(17)7-12-4-5-18-9-12)8-11-2-3-13-14(6-11)20-10-19-13/h2-3,6,12H,4-5,7-10H2,1H3. The SMILES string of the molecule is CN(Cc1ccc2c(c1)OCO2)C(=O)CC1CCOC1. The molecule has 108 valence electrons. The van der Waals surface area contributed by atoms with E-state index in [0.29, 0.717) is 25.5 Å². The van der Waals surface area contributed by atoms with Crippen molar-refractivity contribution < 1.29 is 19.0 Å². The van der Waals surface area contributed by atoms with Crippen LogP contribution in [0.1, 0.15) is 18.4 Å². The molecule has 2 aliphatic heterocycles. The average molecular weight is 277 g/mol. The van der Waals surface area contributed by atoms with Crippen LogP contribution < -0.4 is 9.47 Å². The molecule has 0 aliphatic carbocycles. The molecule has 1 atom stereocenters. The first-order chi connectivity index (χ1) is 9.72. The fourth-order valence-corrected chi connectivity index (χ4v) is 2.55. The fourth-order valence-electron chi connectivity index (χ4n) is 2.55. The van der Waals surface area contributed by atoms with Gasteiger partial charge in [-0.3, -0.25) is 4.79 Å². The topological polar surface area (TPSA) is 48.0 Å². The highest BCUT2D eigenvalue weighted by atomic mass is 16.7. The molecule has 1 unspecified atom stereocenters. The molecule has 0 bridgehead atoms. The molecular formula is C15H19NO4. The molecule has 2 aliphatic rings. The Morgan fingerprint density at radius 3 is 3.00 bits per heavy atom. The van der Waals surface area contributed by atoms with Crippen molar-refractivity contribution in [3.05, 3.63) is 23.8 Å². The Morgan fingerprint density at radius 2 is 2.20 bits per heavy atom. The van der Waals surface area contributed by atoms with E-state index in [9.17, 15) is 4.79 Å². The number of benzene rings is 1. The van der Waals surface area contributed by atoms with Gasteiger partial charge in [0.1, 0.15) is 0 Å². The molecule has 1 amide bonds. The maximum atomic E-state index is 12.2. The van der Waals surface area contributed by atoms with E-state index in [1.165, 1.54) is 0 Å². The quantitative estimate of drug-likeness (QED) is 0.842. The van der Waals surface area contributed by atoms with E-state index in [4.69, 9.17) is 14.2 Å². The van der Waals surface area contributed by atoms with Crippen molar-refractivity contribution in [3.8, 4) is 11.5 Å². The lowest BCUT2D eigenvalue weighted by atomic mass is 10.0. The van der Waals surface area contributed by atoms with Gasteiger partial charge >= 0.3 is 0 Å². The molecule has 5 nitrogen and oxygen atoms in total. The number of hydrogen-bond donors (Lipinski definition) is 0. The third-order valence-electron chi connectivity index (χ3n) is 3.77. The second kappa shape index (κ2) is 5.71. The first-order valence-electron chi connectivity index (χ1n) is 6.92. The van der Waals surface area contributed by atoms with Crippen LogP contribution in [0.5, 0.6) is 11.5 Å². The highest BCUT2D eigenvalue weighted by Gasteiger charge is 2.21. The predicted molar refractivity (Wildman–Crippen MR) is 72.6 cm³/mol. The summed E-state index contributed by atoms with van der Waals surface area (Å²) in [5.74, 6) is 2.07. The van der Waals surface area contributed by atoms with Crippen molar-refractivity contribution >= 4 is 5.91 Å². The van der Waals surface area contributed by atoms with Gasteiger partial charge in [-0.2, -0.15) is 0 Å². The Kier molecular flexibility index (Phi) is 3.78. The number of nitrogens with zero attached hydrogens (tertiary/aromatic N) is 1. The molecular weight excluding hydrogens is 258 g/mol. The van der Waals surface area contributed by atoms with Crippen LogP contribution >= 0.6 is 0 Å². The molecule has 0 N–H and O–H groups in total. The van der Waals surface area contributed by atoms with Crippen molar-refractivity contribution in [1.29, 1.82) is 0 Å². The predicted octanol–water partition coefficient (Wildman–Crippen LogP) is 1.80. The Hall–Kier alpha value is -1.75. The largest absolute Gasteiger partial charge is 0.454 e. The number of amides is 1. The van der Waals surface area contributed by atoms with Gasteiger partial charge in [0.15, 0.2) is 11.5 Å². The van der Waals surface area contributed by atoms with Crippen LogP contribution in [0.3, 0.4) is 0 Å². The monoisotopic (exact) mass is 277 g/mol. The summed E-state index contributed by atoms with van der Waals surface area (Å²) in [6, 6.07) is 5.79. The van der Waals surface area contributed by atoms with Crippen LogP contribution in [0.15, 0.2) is 18.2 Å². The Bertz CT molecular complexity index is 497. The minimum atomic E-state index is 0.165. The van der Waals surface area contributed by atoms with Crippen molar-refractivity contribution in [1.82, 2.24) is 4.90 Å². The van der Waals surface area contributed by atoms with Gasteiger partial charge in [0.2, 0.25) is 12.7 Å². The molecule has 1 saturated heterocycles. The molecule has 0 aromatic heterocycles. The molecule has 1 fully saturated rings. The zero-order chi connectivity index (χ0) is 13.9. The highest BCUT2D eigenvalue weighted by molar-refractivity contribution is 5.76. The van der Waals surface area contributed by atoms with Crippen LogP contribution in [-0.4, -0.2) is 37.9 Å². The Morgan fingerprint density at radius 1 is 1.35 bits per heavy atom. The lowest BCUT2D eigenvalue weighted by Crippen LogP contribution is -2.28. The first-order valence-corrected chi connectivity index (χ1v) is 6.92. The van der Waals surface area contributed by atoms with E-state index < -0.39 is 0 Å². The maximum absolute atomic E-state index is 12.2. The van der Waals surface area contributed by atoms with Gasteiger partial charge in [-0.25, -0.2) is 0 Å². The lowest BCUT2D eigenvalue weighted by Gasteiger charge is -2.19. The molecule has 3 rings (SSSR count). The van der Waals surface area contributed by atoms with Crippen molar-refractivity contribution in [2.45, 2.75) is 19.4 Å². The fraction of sp³-hybridized carbons (Fsp3) is 0.533. The van der Waals surface area contributed by atoms with Crippen LogP contribution in [0, 0.1) is 5.92 Å². The number of fused-ring (bicyclic) bond motifs is 1. The molecule has 2 heterocycles. The number of hydrogen-bond acceptors (Lipinski definition) is 4. The van der Waals surface area contributed by atoms with Crippen molar-refractivity contribution in [2.24, 2.45) is 5.92 Å². The summed E-state index contributed by atoms with van der Waals surface area (Å²) in [5, 5.41) is 0. The van der Waals surface area contributed by atoms with Gasteiger partial charge in [-0.05, 0) is 30.0 Å². The van der Waals surface area contributed by atoms with Crippen LogP contribution in [0.2, 0.25) is 0 Å². The Labute approximate surface area is 118 Å². The second-order valence-corrected chi connectivity index (χ2v) is 5.37. The summed E-state index contributed by atoms with van der Waals surface area (Å²) >= 11 is 0. The molecule has 1 aromatic rings. The van der Waals surface area contributed by atoms with E-state index in [1.807, 2.05) is 25.2 Å². The normalized spacial score (nSPS) is 20.1. The van der Waals surface area contributed by atoms with Crippen molar-refractivity contribution in [2.75, 3.05) is 27.1 Å². The van der Waals surface area contributed by atoms with E-state index in [2.05, 4.69) is 0 Å². The van der Waals surface area contributed by atoms with Gasteiger partial charge in [0, 0.05) is 33.2 Å². The molecule has 0 radical (unpaired) electrons. The van der Waals surface area contributed by atoms with Gasteiger partial charge in [0.05, 0.1) is 0 Å². The number of carbonyl (C=O) groups excluding carboxylic acids is 1. The Balaban J connectivity index is 1.57. The summed E-state index contributed by atoms with van der Waals surface area (Å²) < 4.78 is 15.9. The van der Waals surface area contributed by atoms with Gasteiger partial charge in [0.25, 0.3) is 0 Å². The van der Waals surface area contributed by atoms with E-state index in [-0.39, 0.29) is 12.7 Å². The van der Waals surface area contributed by atoms with E-state index in [0.717, 1.165) is 30.1 Å². The highest BCUT2D eigenvalue weighted by Crippen LogP contribution is 2.32. The summed E-state index contributed by atoms with van der Waals surface area (Å²) in [6.45, 7) is 2.35. The number of carbonyl (C=O) groups is 1. The van der Waals surface area contributed by atoms with Crippen LogP contribution in [0.4, 0.5) is 0 Å². The molecule has 0 spiro atoms. The minimum Gasteiger partial charge on any atom is -0.454 e. The number of ether oxygens (including phenoxy) is 3. The smallest absolute Gasteiger partial charge is 0.231 e. The minimum absolute atomic E-state index is 0.165.